The van der Waals surface area contributed by atoms with Crippen molar-refractivity contribution in [3.63, 3.8) is 0 Å². The molecule has 0 heterocycles. The summed E-state index contributed by atoms with van der Waals surface area (Å²) >= 11 is 0. The minimum atomic E-state index is -4.96. The molecule has 582 valence electrons. The first-order valence-electron chi connectivity index (χ1n) is 41.0. The number of aliphatic hydroxyl groups excluding tert-OH is 1. The summed E-state index contributed by atoms with van der Waals surface area (Å²) in [6, 6.07) is 0. The highest BCUT2D eigenvalue weighted by Gasteiger charge is 2.30. The Kier molecular flexibility index (Phi) is 69.3. The topological polar surface area (TPSA) is 237 Å². The van der Waals surface area contributed by atoms with E-state index < -0.39 is 97.5 Å². The minimum absolute atomic E-state index is 0.106. The normalized spacial score (nSPS) is 14.2. The maximum Gasteiger partial charge on any atom is 0.472 e. The van der Waals surface area contributed by atoms with Crippen LogP contribution in [-0.2, 0) is 65.4 Å². The molecular weight excluding hydrogens is 1280 g/mol. The van der Waals surface area contributed by atoms with Crippen LogP contribution in [0.4, 0.5) is 0 Å². The monoisotopic (exact) mass is 1440 g/mol. The van der Waals surface area contributed by atoms with E-state index in [0.29, 0.717) is 25.7 Å². The molecule has 0 amide bonds. The van der Waals surface area contributed by atoms with Crippen LogP contribution in [0.3, 0.4) is 0 Å². The summed E-state index contributed by atoms with van der Waals surface area (Å²) in [5.74, 6) is -0.513. The Morgan fingerprint density at radius 2 is 0.520 bits per heavy atom. The van der Waals surface area contributed by atoms with Gasteiger partial charge in [-0.3, -0.25) is 37.3 Å². The highest BCUT2D eigenvalue weighted by Crippen LogP contribution is 2.45. The first-order chi connectivity index (χ1) is 47.4. The molecule has 0 aliphatic rings. The van der Waals surface area contributed by atoms with Crippen LogP contribution in [0.2, 0.25) is 0 Å². The number of phosphoric acid groups is 2. The third kappa shape index (κ3) is 71.1. The third-order valence-corrected chi connectivity index (χ3v) is 20.7. The van der Waals surface area contributed by atoms with Crippen molar-refractivity contribution in [2.24, 2.45) is 11.8 Å². The lowest BCUT2D eigenvalue weighted by Crippen LogP contribution is -2.30. The van der Waals surface area contributed by atoms with Gasteiger partial charge in [-0.05, 0) is 37.5 Å². The van der Waals surface area contributed by atoms with Crippen LogP contribution in [0, 0.1) is 11.8 Å². The fraction of sp³-hybridized carbons (Fsp3) is 0.949. The SMILES string of the molecule is CCCCCCCCCCCCCCCCCCCC(=O)OC[C@H](COP(=O)(O)OC[C@@H](O)COP(=O)(O)OC[C@@H](COC(=O)CCCCCCCCCCCC)OC(=O)CCCCCCCCCCCCC(C)C)OC(=O)CCCCCCCCCCCCCCCCC(C)CC. The molecule has 0 fully saturated rings. The van der Waals surface area contributed by atoms with Crippen LogP contribution >= 0.6 is 15.6 Å². The lowest BCUT2D eigenvalue weighted by Gasteiger charge is -2.21. The lowest BCUT2D eigenvalue weighted by atomic mass is 9.99. The van der Waals surface area contributed by atoms with Gasteiger partial charge in [0.25, 0.3) is 0 Å². The van der Waals surface area contributed by atoms with Gasteiger partial charge in [0.2, 0.25) is 0 Å². The quantitative estimate of drug-likeness (QED) is 0.0222. The summed E-state index contributed by atoms with van der Waals surface area (Å²) < 4.78 is 68.6. The molecule has 0 rings (SSSR count). The molecule has 19 heteroatoms. The fourth-order valence-corrected chi connectivity index (χ4v) is 13.7. The van der Waals surface area contributed by atoms with E-state index in [0.717, 1.165) is 102 Å². The summed E-state index contributed by atoms with van der Waals surface area (Å²) in [7, 11) is -9.92. The smallest absolute Gasteiger partial charge is 0.462 e. The molecule has 3 unspecified atom stereocenters. The van der Waals surface area contributed by atoms with Crippen LogP contribution in [0.15, 0.2) is 0 Å². The maximum absolute atomic E-state index is 13.1. The van der Waals surface area contributed by atoms with Gasteiger partial charge in [-0.1, -0.05) is 363 Å². The number of aliphatic hydroxyl groups is 1. The molecule has 17 nitrogen and oxygen atoms in total. The number of carbonyl (C=O) groups excluding carboxylic acids is 4. The number of hydrogen-bond donors (Lipinski definition) is 3. The summed E-state index contributed by atoms with van der Waals surface area (Å²) in [6.07, 6.45) is 59.5. The van der Waals surface area contributed by atoms with E-state index in [2.05, 4.69) is 41.5 Å². The summed E-state index contributed by atoms with van der Waals surface area (Å²) in [5.41, 5.74) is 0. The minimum Gasteiger partial charge on any atom is -0.462 e. The summed E-state index contributed by atoms with van der Waals surface area (Å²) in [6.45, 7) is 9.66. The van der Waals surface area contributed by atoms with Crippen molar-refractivity contribution in [1.82, 2.24) is 0 Å². The van der Waals surface area contributed by atoms with Crippen molar-refractivity contribution in [1.29, 1.82) is 0 Å². The average Bonchev–Trinajstić information content (AvgIpc) is 0.939. The molecule has 98 heavy (non-hydrogen) atoms. The Hall–Kier alpha value is -1.94. The van der Waals surface area contributed by atoms with Gasteiger partial charge in [-0.15, -0.1) is 0 Å². The van der Waals surface area contributed by atoms with Crippen molar-refractivity contribution >= 4 is 39.5 Å². The Morgan fingerprint density at radius 1 is 0.296 bits per heavy atom. The van der Waals surface area contributed by atoms with E-state index in [4.69, 9.17) is 37.0 Å². The molecular formula is C79H154O17P2. The molecule has 0 saturated heterocycles. The fourth-order valence-electron chi connectivity index (χ4n) is 12.2. The Labute approximate surface area is 600 Å². The van der Waals surface area contributed by atoms with E-state index in [-0.39, 0.29) is 25.7 Å². The summed E-state index contributed by atoms with van der Waals surface area (Å²) in [5, 5.41) is 10.6. The Morgan fingerprint density at radius 3 is 0.776 bits per heavy atom. The average molecular weight is 1440 g/mol. The number of hydrogen-bond acceptors (Lipinski definition) is 15. The highest BCUT2D eigenvalue weighted by atomic mass is 31.2. The van der Waals surface area contributed by atoms with Crippen LogP contribution in [0.25, 0.3) is 0 Å². The molecule has 0 aliphatic heterocycles. The number of carbonyl (C=O) groups is 4. The van der Waals surface area contributed by atoms with Crippen LogP contribution in [0.1, 0.15) is 414 Å². The van der Waals surface area contributed by atoms with E-state index >= 15 is 0 Å². The highest BCUT2D eigenvalue weighted by molar-refractivity contribution is 7.47. The van der Waals surface area contributed by atoms with Gasteiger partial charge >= 0.3 is 39.5 Å². The molecule has 0 aromatic carbocycles. The van der Waals surface area contributed by atoms with Gasteiger partial charge in [-0.2, -0.15) is 0 Å². The van der Waals surface area contributed by atoms with Gasteiger partial charge < -0.3 is 33.8 Å². The first kappa shape index (κ1) is 96.1. The zero-order valence-electron chi connectivity index (χ0n) is 64.1. The number of phosphoric ester groups is 2. The van der Waals surface area contributed by atoms with Gasteiger partial charge in [0.1, 0.15) is 19.3 Å². The van der Waals surface area contributed by atoms with Crippen LogP contribution < -0.4 is 0 Å². The van der Waals surface area contributed by atoms with Crippen molar-refractivity contribution < 1.29 is 80.2 Å². The number of rotatable bonds is 78. The second kappa shape index (κ2) is 70.7. The Bertz CT molecular complexity index is 1890. The number of esters is 4. The molecule has 0 radical (unpaired) electrons. The lowest BCUT2D eigenvalue weighted by molar-refractivity contribution is -0.161. The van der Waals surface area contributed by atoms with Crippen molar-refractivity contribution in [2.75, 3.05) is 39.6 Å². The molecule has 0 aromatic rings. The molecule has 0 saturated carbocycles. The predicted octanol–water partition coefficient (Wildman–Crippen LogP) is 23.5. The predicted molar refractivity (Wildman–Crippen MR) is 400 cm³/mol. The van der Waals surface area contributed by atoms with E-state index in [9.17, 15) is 43.2 Å². The molecule has 0 bridgehead atoms. The third-order valence-electron chi connectivity index (χ3n) is 18.8. The molecule has 0 aromatic heterocycles. The Balaban J connectivity index is 5.24. The first-order valence-corrected chi connectivity index (χ1v) is 44.0. The van der Waals surface area contributed by atoms with E-state index in [1.165, 1.54) is 231 Å². The number of ether oxygens (including phenoxy) is 4. The zero-order valence-corrected chi connectivity index (χ0v) is 65.9. The van der Waals surface area contributed by atoms with Gasteiger partial charge in [0.15, 0.2) is 12.2 Å². The van der Waals surface area contributed by atoms with Gasteiger partial charge in [0.05, 0.1) is 26.4 Å². The zero-order chi connectivity index (χ0) is 72.1. The van der Waals surface area contributed by atoms with Gasteiger partial charge in [-0.25, -0.2) is 9.13 Å². The molecule has 6 atom stereocenters. The standard InChI is InChI=1S/C79H154O17P2/c1-7-10-12-14-16-18-20-21-22-23-24-28-31-38-44-50-56-62-77(82)90-68-75(95-78(83)63-57-51-45-39-32-29-26-25-27-30-36-42-48-54-60-72(6)9-3)70-94-98(87,88)92-66-73(80)65-91-97(85,86)93-69-74(67-89-76(81)61-55-49-43-37-19-17-15-13-11-8-2)96-79(84)64-58-52-46-40-34-33-35-41-47-53-59-71(4)5/h71-75,80H,7-70H2,1-6H3,(H,85,86)(H,87,88)/t72?,73-,74+,75+/m0/s1. The molecule has 0 spiro atoms. The maximum atomic E-state index is 13.1. The van der Waals surface area contributed by atoms with Crippen molar-refractivity contribution in [3.8, 4) is 0 Å². The molecule has 3 N–H and O–H groups in total. The number of unbranched alkanes of at least 4 members (excludes halogenated alkanes) is 47. The van der Waals surface area contributed by atoms with Crippen molar-refractivity contribution in [2.45, 2.75) is 432 Å². The van der Waals surface area contributed by atoms with Gasteiger partial charge in [0, 0.05) is 25.7 Å². The van der Waals surface area contributed by atoms with Crippen LogP contribution in [-0.4, -0.2) is 96.7 Å². The van der Waals surface area contributed by atoms with E-state index in [1.807, 2.05) is 0 Å². The van der Waals surface area contributed by atoms with Crippen LogP contribution in [0.5, 0.6) is 0 Å². The van der Waals surface area contributed by atoms with E-state index in [1.54, 1.807) is 0 Å². The second-order valence-corrected chi connectivity index (χ2v) is 32.1. The van der Waals surface area contributed by atoms with Crippen molar-refractivity contribution in [3.05, 3.63) is 0 Å². The largest absolute Gasteiger partial charge is 0.472 e. The summed E-state index contributed by atoms with van der Waals surface area (Å²) in [4.78, 5) is 72.9. The second-order valence-electron chi connectivity index (χ2n) is 29.2. The molecule has 0 aliphatic carbocycles.